The molecule has 0 radical (unpaired) electrons. The van der Waals surface area contributed by atoms with Gasteiger partial charge in [-0.3, -0.25) is 14.5 Å². The molecule has 5 nitrogen and oxygen atoms in total. The maximum atomic E-state index is 11.8. The number of carboxylic acids is 1. The quantitative estimate of drug-likeness (QED) is 0.865. The fraction of sp³-hybridized carbons (Fsp3) is 0.571. The molecular weight excluding hydrogens is 276 g/mol. The Morgan fingerprint density at radius 3 is 2.70 bits per heavy atom. The van der Waals surface area contributed by atoms with Gasteiger partial charge in [-0.25, -0.2) is 0 Å². The van der Waals surface area contributed by atoms with Gasteiger partial charge in [0, 0.05) is 4.88 Å². The largest absolute Gasteiger partial charge is 0.481 e. The normalized spacial score (nSPS) is 18.6. The summed E-state index contributed by atoms with van der Waals surface area (Å²) in [5.74, 6) is -0.739. The molecule has 110 valence electrons. The van der Waals surface area contributed by atoms with E-state index >= 15 is 0 Å². The molecule has 2 heterocycles. The van der Waals surface area contributed by atoms with Crippen LogP contribution in [-0.2, 0) is 16.1 Å². The van der Waals surface area contributed by atoms with Crippen LogP contribution in [0.25, 0.3) is 0 Å². The fourth-order valence-electron chi connectivity index (χ4n) is 2.28. The Balaban J connectivity index is 1.72. The van der Waals surface area contributed by atoms with Gasteiger partial charge in [-0.2, -0.15) is 0 Å². The van der Waals surface area contributed by atoms with Gasteiger partial charge < -0.3 is 10.4 Å². The first kappa shape index (κ1) is 15.0. The molecule has 1 aromatic heterocycles. The average molecular weight is 296 g/mol. The van der Waals surface area contributed by atoms with Crippen LogP contribution in [0.5, 0.6) is 0 Å². The maximum absolute atomic E-state index is 11.8. The van der Waals surface area contributed by atoms with Crippen molar-refractivity contribution < 1.29 is 14.7 Å². The van der Waals surface area contributed by atoms with Gasteiger partial charge in [-0.15, -0.1) is 11.3 Å². The molecule has 0 saturated carbocycles. The molecule has 0 unspecified atom stereocenters. The third-order valence-corrected chi connectivity index (χ3v) is 4.76. The minimum Gasteiger partial charge on any atom is -0.481 e. The first-order valence-electron chi connectivity index (χ1n) is 6.74. The van der Waals surface area contributed by atoms with E-state index in [0.717, 1.165) is 4.88 Å². The van der Waals surface area contributed by atoms with Crippen molar-refractivity contribution in [1.82, 2.24) is 10.2 Å². The molecule has 2 N–H and O–H groups in total. The zero-order valence-corrected chi connectivity index (χ0v) is 12.4. The molecule has 1 saturated heterocycles. The number of carbonyl (C=O) groups excluding carboxylic acids is 1. The number of aliphatic carboxylic acids is 1. The minimum absolute atomic E-state index is 0.00247. The van der Waals surface area contributed by atoms with Crippen LogP contribution >= 0.6 is 11.3 Å². The highest BCUT2D eigenvalue weighted by atomic mass is 32.1. The van der Waals surface area contributed by atoms with Crippen molar-refractivity contribution in [3.05, 3.63) is 22.4 Å². The van der Waals surface area contributed by atoms with Crippen LogP contribution in [0, 0.1) is 5.41 Å². The maximum Gasteiger partial charge on any atom is 0.309 e. The van der Waals surface area contributed by atoms with Gasteiger partial charge in [0.25, 0.3) is 0 Å². The SMILES string of the molecule is CC1(C(=O)O)CCN(CC(=O)NCc2cccs2)CC1. The van der Waals surface area contributed by atoms with E-state index in [1.807, 2.05) is 22.4 Å². The Bertz CT molecular complexity index is 465. The number of carbonyl (C=O) groups is 2. The monoisotopic (exact) mass is 296 g/mol. The van der Waals surface area contributed by atoms with Gasteiger partial charge in [0.15, 0.2) is 0 Å². The van der Waals surface area contributed by atoms with Crippen molar-refractivity contribution in [3.8, 4) is 0 Å². The van der Waals surface area contributed by atoms with Gasteiger partial charge in [0.1, 0.15) is 0 Å². The van der Waals surface area contributed by atoms with Crippen LogP contribution in [0.2, 0.25) is 0 Å². The van der Waals surface area contributed by atoms with Crippen LogP contribution in [0.1, 0.15) is 24.6 Å². The van der Waals surface area contributed by atoms with Gasteiger partial charge >= 0.3 is 5.97 Å². The summed E-state index contributed by atoms with van der Waals surface area (Å²) in [6, 6.07) is 3.95. The number of nitrogens with zero attached hydrogens (tertiary/aromatic N) is 1. The van der Waals surface area contributed by atoms with Crippen molar-refractivity contribution >= 4 is 23.2 Å². The summed E-state index contributed by atoms with van der Waals surface area (Å²) < 4.78 is 0. The molecule has 1 fully saturated rings. The standard InChI is InChI=1S/C14H20N2O3S/c1-14(13(18)19)4-6-16(7-5-14)10-12(17)15-9-11-3-2-8-20-11/h2-3,8H,4-7,9-10H2,1H3,(H,15,17)(H,18,19). The van der Waals surface area contributed by atoms with Crippen molar-refractivity contribution in [2.45, 2.75) is 26.3 Å². The zero-order valence-electron chi connectivity index (χ0n) is 11.6. The molecule has 1 amide bonds. The smallest absolute Gasteiger partial charge is 0.309 e. The Hall–Kier alpha value is -1.40. The molecule has 20 heavy (non-hydrogen) atoms. The highest BCUT2D eigenvalue weighted by Crippen LogP contribution is 2.30. The molecular formula is C14H20N2O3S. The summed E-state index contributed by atoms with van der Waals surface area (Å²) in [6.07, 6.45) is 1.20. The predicted molar refractivity (Wildman–Crippen MR) is 77.6 cm³/mol. The number of hydrogen-bond donors (Lipinski definition) is 2. The number of rotatable bonds is 5. The van der Waals surface area contributed by atoms with Crippen molar-refractivity contribution in [2.75, 3.05) is 19.6 Å². The lowest BCUT2D eigenvalue weighted by Gasteiger charge is -2.35. The minimum atomic E-state index is -0.737. The highest BCUT2D eigenvalue weighted by molar-refractivity contribution is 7.09. The highest BCUT2D eigenvalue weighted by Gasteiger charge is 2.37. The van der Waals surface area contributed by atoms with E-state index in [1.54, 1.807) is 18.3 Å². The lowest BCUT2D eigenvalue weighted by Crippen LogP contribution is -2.46. The van der Waals surface area contributed by atoms with E-state index in [4.69, 9.17) is 5.11 Å². The van der Waals surface area contributed by atoms with Crippen LogP contribution in [0.3, 0.4) is 0 Å². The second-order valence-corrected chi connectivity index (χ2v) is 6.53. The Kier molecular flexibility index (Phi) is 4.77. The Morgan fingerprint density at radius 1 is 1.45 bits per heavy atom. The summed E-state index contributed by atoms with van der Waals surface area (Å²) in [5.41, 5.74) is -0.635. The van der Waals surface area contributed by atoms with Crippen molar-refractivity contribution in [2.24, 2.45) is 5.41 Å². The van der Waals surface area contributed by atoms with Crippen LogP contribution in [0.15, 0.2) is 17.5 Å². The number of amides is 1. The van der Waals surface area contributed by atoms with Gasteiger partial charge in [0.05, 0.1) is 18.5 Å². The van der Waals surface area contributed by atoms with Crippen LogP contribution < -0.4 is 5.32 Å². The molecule has 0 bridgehead atoms. The van der Waals surface area contributed by atoms with Gasteiger partial charge in [-0.05, 0) is 44.3 Å². The number of thiophene rings is 1. The van der Waals surface area contributed by atoms with E-state index in [0.29, 0.717) is 39.0 Å². The molecule has 1 aromatic rings. The van der Waals surface area contributed by atoms with Crippen LogP contribution in [0.4, 0.5) is 0 Å². The van der Waals surface area contributed by atoms with Crippen molar-refractivity contribution in [3.63, 3.8) is 0 Å². The lowest BCUT2D eigenvalue weighted by molar-refractivity contribution is -0.150. The first-order chi connectivity index (χ1) is 9.49. The number of hydrogen-bond acceptors (Lipinski definition) is 4. The fourth-order valence-corrected chi connectivity index (χ4v) is 2.92. The third-order valence-electron chi connectivity index (χ3n) is 3.88. The molecule has 0 atom stereocenters. The predicted octanol–water partition coefficient (Wildman–Crippen LogP) is 1.55. The van der Waals surface area contributed by atoms with E-state index < -0.39 is 11.4 Å². The molecule has 0 aromatic carbocycles. The second-order valence-electron chi connectivity index (χ2n) is 5.50. The molecule has 1 aliphatic heterocycles. The zero-order chi connectivity index (χ0) is 14.6. The van der Waals surface area contributed by atoms with E-state index in [9.17, 15) is 9.59 Å². The third kappa shape index (κ3) is 3.80. The van der Waals surface area contributed by atoms with E-state index in [1.165, 1.54) is 0 Å². The first-order valence-corrected chi connectivity index (χ1v) is 7.62. The summed E-state index contributed by atoms with van der Waals surface area (Å²) in [6.45, 7) is 4.02. The second kappa shape index (κ2) is 6.37. The van der Waals surface area contributed by atoms with Crippen LogP contribution in [-0.4, -0.2) is 41.5 Å². The average Bonchev–Trinajstić information content (AvgIpc) is 2.92. The number of carboxylic acid groups (broad SMARTS) is 1. The number of nitrogens with one attached hydrogen (secondary N) is 1. The van der Waals surface area contributed by atoms with Gasteiger partial charge in [0.2, 0.25) is 5.91 Å². The molecule has 0 spiro atoms. The van der Waals surface area contributed by atoms with E-state index in [2.05, 4.69) is 5.32 Å². The molecule has 0 aliphatic carbocycles. The summed E-state index contributed by atoms with van der Waals surface area (Å²) in [4.78, 5) is 26.1. The molecule has 2 rings (SSSR count). The van der Waals surface area contributed by atoms with E-state index in [-0.39, 0.29) is 5.91 Å². The molecule has 6 heteroatoms. The molecule has 1 aliphatic rings. The topological polar surface area (TPSA) is 69.6 Å². The number of likely N-dealkylation sites (tertiary alicyclic amines) is 1. The lowest BCUT2D eigenvalue weighted by atomic mass is 9.80. The van der Waals surface area contributed by atoms with Gasteiger partial charge in [-0.1, -0.05) is 6.07 Å². The summed E-state index contributed by atoms with van der Waals surface area (Å²) in [7, 11) is 0. The Labute approximate surface area is 122 Å². The number of piperidine rings is 1. The summed E-state index contributed by atoms with van der Waals surface area (Å²) in [5, 5.41) is 14.0. The van der Waals surface area contributed by atoms with Crippen molar-refractivity contribution in [1.29, 1.82) is 0 Å². The summed E-state index contributed by atoms with van der Waals surface area (Å²) >= 11 is 1.62. The Morgan fingerprint density at radius 2 is 2.15 bits per heavy atom.